The number of hydrogen-bond donors (Lipinski definition) is 2. The normalized spacial score (nSPS) is 11.7. The number of aromatic nitrogens is 1. The number of nitrogens with one attached hydrogen (secondary N) is 1. The fourth-order valence-electron chi connectivity index (χ4n) is 0.819. The minimum absolute atomic E-state index is 0.0940. The zero-order valence-electron chi connectivity index (χ0n) is 7.34. The summed E-state index contributed by atoms with van der Waals surface area (Å²) < 4.78 is 35.2. The van der Waals surface area contributed by atoms with Crippen molar-refractivity contribution in [1.82, 2.24) is 10.3 Å². The maximum Gasteiger partial charge on any atom is 0.401 e. The van der Waals surface area contributed by atoms with Crippen molar-refractivity contribution >= 4 is 17.3 Å². The molecule has 0 saturated carbocycles. The average Bonchev–Trinajstić information content (AvgIpc) is 2.50. The smallest absolute Gasteiger partial charge is 0.401 e. The Morgan fingerprint density at radius 3 is 2.73 bits per heavy atom. The Kier molecular flexibility index (Phi) is 3.64. The highest BCUT2D eigenvalue weighted by Crippen LogP contribution is 2.13. The Morgan fingerprint density at radius 2 is 2.27 bits per heavy atom. The molecule has 0 saturated heterocycles. The Hall–Kier alpha value is -1.15. The van der Waals surface area contributed by atoms with Gasteiger partial charge < -0.3 is 10.4 Å². The number of thiazole rings is 1. The molecule has 0 bridgehead atoms. The first-order chi connectivity index (χ1) is 6.88. The van der Waals surface area contributed by atoms with Crippen LogP contribution in [0.2, 0.25) is 0 Å². The van der Waals surface area contributed by atoms with Crippen molar-refractivity contribution in [3.8, 4) is 0 Å². The largest absolute Gasteiger partial charge is 0.476 e. The van der Waals surface area contributed by atoms with Gasteiger partial charge in [-0.25, -0.2) is 9.78 Å². The van der Waals surface area contributed by atoms with E-state index in [9.17, 15) is 18.0 Å². The molecular weight excluding hydrogens is 233 g/mol. The number of carboxylic acids is 1. The summed E-state index contributed by atoms with van der Waals surface area (Å²) in [6.45, 7) is -1.21. The average molecular weight is 240 g/mol. The van der Waals surface area contributed by atoms with E-state index in [1.807, 2.05) is 0 Å². The van der Waals surface area contributed by atoms with Crippen molar-refractivity contribution in [3.63, 3.8) is 0 Å². The molecule has 0 radical (unpaired) electrons. The quantitative estimate of drug-likeness (QED) is 0.837. The predicted octanol–water partition coefficient (Wildman–Crippen LogP) is 1.49. The zero-order valence-corrected chi connectivity index (χ0v) is 8.15. The molecule has 0 aliphatic rings. The SMILES string of the molecule is O=C(O)c1nc(CNCC(F)(F)F)cs1. The van der Waals surface area contributed by atoms with Gasteiger partial charge in [-0.15, -0.1) is 11.3 Å². The Bertz CT molecular complexity index is 350. The lowest BCUT2D eigenvalue weighted by Crippen LogP contribution is -2.28. The lowest BCUT2D eigenvalue weighted by atomic mass is 10.4. The van der Waals surface area contributed by atoms with Gasteiger partial charge in [0.05, 0.1) is 12.2 Å². The molecule has 4 nitrogen and oxygen atoms in total. The third kappa shape index (κ3) is 4.26. The molecule has 1 heterocycles. The third-order valence-corrected chi connectivity index (χ3v) is 2.25. The van der Waals surface area contributed by atoms with Crippen LogP contribution in [0.3, 0.4) is 0 Å². The monoisotopic (exact) mass is 240 g/mol. The van der Waals surface area contributed by atoms with Gasteiger partial charge in [0.1, 0.15) is 0 Å². The van der Waals surface area contributed by atoms with Crippen molar-refractivity contribution in [2.45, 2.75) is 12.7 Å². The van der Waals surface area contributed by atoms with Gasteiger partial charge in [0, 0.05) is 11.9 Å². The van der Waals surface area contributed by atoms with E-state index in [4.69, 9.17) is 5.11 Å². The van der Waals surface area contributed by atoms with Gasteiger partial charge >= 0.3 is 12.1 Å². The van der Waals surface area contributed by atoms with Gasteiger partial charge in [0.15, 0.2) is 0 Å². The van der Waals surface area contributed by atoms with Gasteiger partial charge in [-0.3, -0.25) is 0 Å². The summed E-state index contributed by atoms with van der Waals surface area (Å²) in [5, 5.41) is 11.9. The molecule has 0 fully saturated rings. The Morgan fingerprint density at radius 1 is 1.60 bits per heavy atom. The van der Waals surface area contributed by atoms with Crippen LogP contribution in [-0.2, 0) is 6.54 Å². The third-order valence-electron chi connectivity index (χ3n) is 1.37. The molecule has 1 aromatic rings. The van der Waals surface area contributed by atoms with E-state index in [1.165, 1.54) is 5.38 Å². The Labute approximate surface area is 86.8 Å². The molecule has 0 aliphatic carbocycles. The number of halogens is 3. The molecule has 0 aromatic carbocycles. The van der Waals surface area contributed by atoms with Gasteiger partial charge in [0.25, 0.3) is 0 Å². The number of carboxylic acid groups (broad SMARTS) is 1. The predicted molar refractivity (Wildman–Crippen MR) is 46.8 cm³/mol. The second kappa shape index (κ2) is 4.58. The van der Waals surface area contributed by atoms with Crippen LogP contribution in [0.1, 0.15) is 15.5 Å². The first-order valence-electron chi connectivity index (χ1n) is 3.83. The summed E-state index contributed by atoms with van der Waals surface area (Å²) in [6, 6.07) is 0. The summed E-state index contributed by atoms with van der Waals surface area (Å²) in [6.07, 6.45) is -4.27. The summed E-state index contributed by atoms with van der Waals surface area (Å²) in [4.78, 5) is 14.0. The van der Waals surface area contributed by atoms with E-state index < -0.39 is 18.7 Å². The molecule has 0 spiro atoms. The minimum atomic E-state index is -4.27. The molecule has 8 heteroatoms. The molecule has 0 unspecified atom stereocenters. The number of carbonyl (C=O) groups is 1. The van der Waals surface area contributed by atoms with Crippen molar-refractivity contribution in [2.24, 2.45) is 0 Å². The zero-order chi connectivity index (χ0) is 11.5. The van der Waals surface area contributed by atoms with Gasteiger partial charge in [0.2, 0.25) is 5.01 Å². The highest BCUT2D eigenvalue weighted by atomic mass is 32.1. The van der Waals surface area contributed by atoms with Crippen LogP contribution >= 0.6 is 11.3 Å². The maximum atomic E-state index is 11.7. The number of alkyl halides is 3. The first-order valence-corrected chi connectivity index (χ1v) is 4.71. The van der Waals surface area contributed by atoms with Crippen LogP contribution in [0.25, 0.3) is 0 Å². The van der Waals surface area contributed by atoms with E-state index in [2.05, 4.69) is 10.3 Å². The number of aromatic carboxylic acids is 1. The molecular formula is C7H7F3N2O2S. The van der Waals surface area contributed by atoms with Crippen LogP contribution in [0.15, 0.2) is 5.38 Å². The minimum Gasteiger partial charge on any atom is -0.476 e. The van der Waals surface area contributed by atoms with E-state index in [-0.39, 0.29) is 11.6 Å². The summed E-state index contributed by atoms with van der Waals surface area (Å²) in [5.74, 6) is -1.18. The van der Waals surface area contributed by atoms with Crippen LogP contribution in [0.5, 0.6) is 0 Å². The summed E-state index contributed by atoms with van der Waals surface area (Å²) in [5.41, 5.74) is 0.293. The second-order valence-corrected chi connectivity index (χ2v) is 3.53. The summed E-state index contributed by atoms with van der Waals surface area (Å²) >= 11 is 0.884. The second-order valence-electron chi connectivity index (χ2n) is 2.67. The van der Waals surface area contributed by atoms with Crippen LogP contribution < -0.4 is 5.32 Å². The van der Waals surface area contributed by atoms with Crippen molar-refractivity contribution in [3.05, 3.63) is 16.1 Å². The molecule has 0 amide bonds. The molecule has 1 aromatic heterocycles. The highest BCUT2D eigenvalue weighted by molar-refractivity contribution is 7.11. The van der Waals surface area contributed by atoms with E-state index >= 15 is 0 Å². The molecule has 84 valence electrons. The van der Waals surface area contributed by atoms with E-state index in [1.54, 1.807) is 0 Å². The fraction of sp³-hybridized carbons (Fsp3) is 0.429. The first kappa shape index (κ1) is 11.9. The van der Waals surface area contributed by atoms with Crippen LogP contribution in [0, 0.1) is 0 Å². The van der Waals surface area contributed by atoms with Gasteiger partial charge in [-0.05, 0) is 0 Å². The maximum absolute atomic E-state index is 11.7. The number of nitrogens with zero attached hydrogens (tertiary/aromatic N) is 1. The molecule has 2 N–H and O–H groups in total. The van der Waals surface area contributed by atoms with Gasteiger partial charge in [-0.2, -0.15) is 13.2 Å². The number of rotatable bonds is 4. The standard InChI is InChI=1S/C7H7F3N2O2S/c8-7(9,10)3-11-1-4-2-15-5(12-4)6(13)14/h2,11H,1,3H2,(H,13,14). The lowest BCUT2D eigenvalue weighted by molar-refractivity contribution is -0.125. The summed E-state index contributed by atoms with van der Waals surface area (Å²) in [7, 11) is 0. The molecule has 15 heavy (non-hydrogen) atoms. The lowest BCUT2D eigenvalue weighted by Gasteiger charge is -2.05. The van der Waals surface area contributed by atoms with Crippen molar-refractivity contribution in [2.75, 3.05) is 6.54 Å². The van der Waals surface area contributed by atoms with Crippen LogP contribution in [-0.4, -0.2) is 28.8 Å². The highest BCUT2D eigenvalue weighted by Gasteiger charge is 2.26. The van der Waals surface area contributed by atoms with E-state index in [0.717, 1.165) is 11.3 Å². The van der Waals surface area contributed by atoms with Crippen LogP contribution in [0.4, 0.5) is 13.2 Å². The van der Waals surface area contributed by atoms with Crippen molar-refractivity contribution < 1.29 is 23.1 Å². The molecule has 1 rings (SSSR count). The number of hydrogen-bond acceptors (Lipinski definition) is 4. The molecule has 0 atom stereocenters. The molecule has 0 aliphatic heterocycles. The topological polar surface area (TPSA) is 62.2 Å². The van der Waals surface area contributed by atoms with Crippen molar-refractivity contribution in [1.29, 1.82) is 0 Å². The Balaban J connectivity index is 2.41. The van der Waals surface area contributed by atoms with E-state index in [0.29, 0.717) is 5.69 Å². The fourth-order valence-corrected chi connectivity index (χ4v) is 1.47. The van der Waals surface area contributed by atoms with Gasteiger partial charge in [-0.1, -0.05) is 0 Å².